The van der Waals surface area contributed by atoms with Gasteiger partial charge in [-0.1, -0.05) is 20.3 Å². The largest absolute Gasteiger partial charge is 0.467 e. The average Bonchev–Trinajstić information content (AvgIpc) is 2.56. The van der Waals surface area contributed by atoms with Crippen molar-refractivity contribution in [2.75, 3.05) is 46.5 Å². The lowest BCUT2D eigenvalue weighted by Crippen LogP contribution is -2.50. The first kappa shape index (κ1) is 18.7. The van der Waals surface area contributed by atoms with E-state index in [-0.39, 0.29) is 11.9 Å². The summed E-state index contributed by atoms with van der Waals surface area (Å²) in [5, 5.41) is 5.49. The number of nitrogens with zero attached hydrogens (tertiary/aromatic N) is 1. The fourth-order valence-electron chi connectivity index (χ4n) is 2.32. The van der Waals surface area contributed by atoms with Gasteiger partial charge in [-0.2, -0.15) is 0 Å². The number of methoxy groups -OCH3 is 1. The fraction of sp³-hybridized carbons (Fsp3) is 0.867. The molecule has 0 spiro atoms. The van der Waals surface area contributed by atoms with E-state index in [1.807, 2.05) is 13.8 Å². The lowest BCUT2D eigenvalue weighted by Gasteiger charge is -2.26. The summed E-state index contributed by atoms with van der Waals surface area (Å²) in [4.78, 5) is 25.9. The summed E-state index contributed by atoms with van der Waals surface area (Å²) in [7, 11) is 1.33. The zero-order chi connectivity index (χ0) is 16.4. The van der Waals surface area contributed by atoms with Gasteiger partial charge in [0, 0.05) is 19.6 Å². The Kier molecular flexibility index (Phi) is 8.84. The van der Waals surface area contributed by atoms with Crippen molar-refractivity contribution >= 4 is 12.0 Å². The molecular weight excluding hydrogens is 286 g/mol. The molecule has 1 saturated heterocycles. The highest BCUT2D eigenvalue weighted by molar-refractivity contribution is 5.83. The molecule has 2 amide bonds. The molecule has 1 fully saturated rings. The zero-order valence-electron chi connectivity index (χ0n) is 13.9. The zero-order valence-corrected chi connectivity index (χ0v) is 13.9. The van der Waals surface area contributed by atoms with Gasteiger partial charge in [-0.15, -0.1) is 0 Å². The number of ether oxygens (including phenoxy) is 2. The third-order valence-corrected chi connectivity index (χ3v) is 4.00. The van der Waals surface area contributed by atoms with Gasteiger partial charge in [0.2, 0.25) is 0 Å². The Balaban J connectivity index is 2.23. The predicted molar refractivity (Wildman–Crippen MR) is 83.7 cm³/mol. The molecule has 0 bridgehead atoms. The van der Waals surface area contributed by atoms with Crippen LogP contribution >= 0.6 is 0 Å². The maximum atomic E-state index is 11.9. The lowest BCUT2D eigenvalue weighted by atomic mass is 9.99. The maximum absolute atomic E-state index is 11.9. The van der Waals surface area contributed by atoms with Crippen molar-refractivity contribution in [2.24, 2.45) is 5.92 Å². The van der Waals surface area contributed by atoms with E-state index in [1.165, 1.54) is 7.11 Å². The molecule has 0 radical (unpaired) electrons. The number of hydrogen-bond donors (Lipinski definition) is 2. The van der Waals surface area contributed by atoms with Gasteiger partial charge in [0.05, 0.1) is 20.3 Å². The topological polar surface area (TPSA) is 79.9 Å². The van der Waals surface area contributed by atoms with Gasteiger partial charge < -0.3 is 20.1 Å². The predicted octanol–water partition coefficient (Wildman–Crippen LogP) is 0.596. The number of carbonyl (C=O) groups excluding carboxylic acids is 2. The first-order valence-corrected chi connectivity index (χ1v) is 8.00. The minimum atomic E-state index is -0.603. The van der Waals surface area contributed by atoms with Gasteiger partial charge >= 0.3 is 12.0 Å². The summed E-state index contributed by atoms with van der Waals surface area (Å²) in [5.74, 6) is -0.371. The quantitative estimate of drug-likeness (QED) is 0.506. The van der Waals surface area contributed by atoms with Crippen molar-refractivity contribution in [3.8, 4) is 0 Å². The van der Waals surface area contributed by atoms with Crippen LogP contribution in [0.15, 0.2) is 0 Å². The van der Waals surface area contributed by atoms with Crippen LogP contribution in [0.25, 0.3) is 0 Å². The Morgan fingerprint density at radius 3 is 2.59 bits per heavy atom. The Labute approximate surface area is 132 Å². The average molecular weight is 315 g/mol. The molecule has 7 nitrogen and oxygen atoms in total. The minimum absolute atomic E-state index is 0.0338. The number of morpholine rings is 1. The third kappa shape index (κ3) is 6.62. The van der Waals surface area contributed by atoms with Gasteiger partial charge in [0.15, 0.2) is 0 Å². The Morgan fingerprint density at radius 2 is 2.00 bits per heavy atom. The molecule has 1 rings (SSSR count). The molecule has 22 heavy (non-hydrogen) atoms. The molecule has 1 unspecified atom stereocenters. The Hall–Kier alpha value is -1.34. The smallest absolute Gasteiger partial charge is 0.328 e. The third-order valence-electron chi connectivity index (χ3n) is 4.00. The first-order chi connectivity index (χ1) is 10.6. The van der Waals surface area contributed by atoms with Crippen LogP contribution in [0, 0.1) is 5.92 Å². The molecule has 128 valence electrons. The van der Waals surface area contributed by atoms with Crippen LogP contribution in [0.3, 0.4) is 0 Å². The van der Waals surface area contributed by atoms with E-state index in [0.29, 0.717) is 6.54 Å². The Bertz CT molecular complexity index is 346. The van der Waals surface area contributed by atoms with Crippen LogP contribution in [0.1, 0.15) is 26.7 Å². The van der Waals surface area contributed by atoms with Crippen molar-refractivity contribution in [1.29, 1.82) is 0 Å². The van der Waals surface area contributed by atoms with Gasteiger partial charge in [0.25, 0.3) is 0 Å². The number of esters is 1. The summed E-state index contributed by atoms with van der Waals surface area (Å²) in [6.07, 6.45) is 1.66. The second kappa shape index (κ2) is 10.4. The molecule has 0 aromatic rings. The number of urea groups is 1. The van der Waals surface area contributed by atoms with Gasteiger partial charge in [-0.25, -0.2) is 9.59 Å². The molecule has 0 saturated carbocycles. The summed E-state index contributed by atoms with van der Waals surface area (Å²) in [6.45, 7) is 8.87. The van der Waals surface area contributed by atoms with Crippen molar-refractivity contribution < 1.29 is 19.1 Å². The van der Waals surface area contributed by atoms with Crippen LogP contribution < -0.4 is 10.6 Å². The van der Waals surface area contributed by atoms with E-state index in [2.05, 4.69) is 15.5 Å². The minimum Gasteiger partial charge on any atom is -0.467 e. The number of nitrogens with one attached hydrogen (secondary N) is 2. The number of carbonyl (C=O) groups is 2. The monoisotopic (exact) mass is 315 g/mol. The summed E-state index contributed by atoms with van der Waals surface area (Å²) < 4.78 is 10.0. The lowest BCUT2D eigenvalue weighted by molar-refractivity contribution is -0.144. The van der Waals surface area contributed by atoms with Crippen molar-refractivity contribution in [3.63, 3.8) is 0 Å². The molecule has 1 aliphatic heterocycles. The summed E-state index contributed by atoms with van der Waals surface area (Å²) in [5.41, 5.74) is 0. The van der Waals surface area contributed by atoms with E-state index < -0.39 is 12.0 Å². The molecule has 0 aromatic carbocycles. The first-order valence-electron chi connectivity index (χ1n) is 8.00. The number of rotatable bonds is 8. The van der Waals surface area contributed by atoms with E-state index >= 15 is 0 Å². The molecule has 1 heterocycles. The fourth-order valence-corrected chi connectivity index (χ4v) is 2.32. The molecular formula is C15H29N3O4. The molecule has 1 aliphatic rings. The maximum Gasteiger partial charge on any atom is 0.328 e. The van der Waals surface area contributed by atoms with E-state index in [9.17, 15) is 9.59 Å². The molecule has 2 N–H and O–H groups in total. The van der Waals surface area contributed by atoms with Crippen LogP contribution in [0.2, 0.25) is 0 Å². The van der Waals surface area contributed by atoms with Crippen LogP contribution in [0.5, 0.6) is 0 Å². The van der Waals surface area contributed by atoms with Crippen LogP contribution in [-0.2, 0) is 14.3 Å². The van der Waals surface area contributed by atoms with Gasteiger partial charge in [0.1, 0.15) is 6.04 Å². The van der Waals surface area contributed by atoms with Crippen molar-refractivity contribution in [2.45, 2.75) is 32.7 Å². The highest BCUT2D eigenvalue weighted by atomic mass is 16.5. The highest BCUT2D eigenvalue weighted by Crippen LogP contribution is 2.09. The normalized spacial score (nSPS) is 18.3. The van der Waals surface area contributed by atoms with Crippen LogP contribution in [-0.4, -0.2) is 69.4 Å². The highest BCUT2D eigenvalue weighted by Gasteiger charge is 2.26. The summed E-state index contributed by atoms with van der Waals surface area (Å²) in [6, 6.07) is -0.924. The van der Waals surface area contributed by atoms with Gasteiger partial charge in [-0.3, -0.25) is 4.90 Å². The van der Waals surface area contributed by atoms with Crippen LogP contribution in [0.4, 0.5) is 4.79 Å². The Morgan fingerprint density at radius 1 is 1.32 bits per heavy atom. The summed E-state index contributed by atoms with van der Waals surface area (Å²) >= 11 is 0. The SMILES string of the molecule is CCC(C)[C@@H](NC(=O)NCCCN1CCOCC1)C(=O)OC. The van der Waals surface area contributed by atoms with E-state index in [4.69, 9.17) is 9.47 Å². The number of amides is 2. The molecule has 0 aromatic heterocycles. The van der Waals surface area contributed by atoms with E-state index in [1.54, 1.807) is 0 Å². The van der Waals surface area contributed by atoms with Gasteiger partial charge in [-0.05, 0) is 18.9 Å². The van der Waals surface area contributed by atoms with Crippen molar-refractivity contribution in [3.05, 3.63) is 0 Å². The molecule has 2 atom stereocenters. The van der Waals surface area contributed by atoms with E-state index in [0.717, 1.165) is 45.7 Å². The standard InChI is InChI=1S/C15H29N3O4/c1-4-12(2)13(14(19)21-3)17-15(20)16-6-5-7-18-8-10-22-11-9-18/h12-13H,4-11H2,1-3H3,(H2,16,17,20)/t12?,13-/m1/s1. The van der Waals surface area contributed by atoms with Crippen molar-refractivity contribution in [1.82, 2.24) is 15.5 Å². The second-order valence-electron chi connectivity index (χ2n) is 5.59. The second-order valence-corrected chi connectivity index (χ2v) is 5.59. The molecule has 0 aliphatic carbocycles. The number of hydrogen-bond acceptors (Lipinski definition) is 5. The molecule has 7 heteroatoms.